The highest BCUT2D eigenvalue weighted by Gasteiger charge is 2.28. The first-order valence-corrected chi connectivity index (χ1v) is 10.7. The Balaban J connectivity index is 1.56. The molecule has 0 N–H and O–H groups in total. The Hall–Kier alpha value is -3.73. The molecule has 0 aromatic carbocycles. The van der Waals surface area contributed by atoms with E-state index in [9.17, 15) is 10.1 Å². The molecule has 3 aliphatic rings. The van der Waals surface area contributed by atoms with Crippen molar-refractivity contribution in [1.29, 1.82) is 5.26 Å². The molecule has 0 bridgehead atoms. The molecule has 4 rings (SSSR count). The second kappa shape index (κ2) is 9.60. The summed E-state index contributed by atoms with van der Waals surface area (Å²) >= 11 is 0. The van der Waals surface area contributed by atoms with Crippen LogP contribution in [0.15, 0.2) is 60.2 Å². The van der Waals surface area contributed by atoms with E-state index in [1.54, 1.807) is 24.7 Å². The molecule has 3 heterocycles. The van der Waals surface area contributed by atoms with Gasteiger partial charge in [-0.25, -0.2) is 4.98 Å². The molecule has 2 aliphatic heterocycles. The summed E-state index contributed by atoms with van der Waals surface area (Å²) in [6, 6.07) is 3.83. The summed E-state index contributed by atoms with van der Waals surface area (Å²) in [7, 11) is 1.49. The normalized spacial score (nSPS) is 20.0. The number of anilines is 1. The van der Waals surface area contributed by atoms with Crippen molar-refractivity contribution in [2.24, 2.45) is 0 Å². The molecule has 0 saturated carbocycles. The number of carbonyl (C=O) groups is 1. The third kappa shape index (κ3) is 4.47. The van der Waals surface area contributed by atoms with Gasteiger partial charge in [-0.1, -0.05) is 13.0 Å². The number of hydrogen-bond donors (Lipinski definition) is 0. The fourth-order valence-corrected chi connectivity index (χ4v) is 3.95. The van der Waals surface area contributed by atoms with Crippen molar-refractivity contribution in [2.45, 2.75) is 38.7 Å². The highest BCUT2D eigenvalue weighted by molar-refractivity contribution is 5.76. The maximum atomic E-state index is 12.0. The van der Waals surface area contributed by atoms with Crippen LogP contribution in [0.1, 0.15) is 38.2 Å². The van der Waals surface area contributed by atoms with Crippen LogP contribution in [0.2, 0.25) is 0 Å². The number of carbonyl (C=O) groups excluding carboxylic acids is 1. The zero-order chi connectivity index (χ0) is 22.5. The Morgan fingerprint density at radius 2 is 2.31 bits per heavy atom. The van der Waals surface area contributed by atoms with Crippen LogP contribution < -0.4 is 9.64 Å². The van der Waals surface area contributed by atoms with Crippen molar-refractivity contribution in [1.82, 2.24) is 9.88 Å². The zero-order valence-corrected chi connectivity index (χ0v) is 18.3. The molecule has 32 heavy (non-hydrogen) atoms. The van der Waals surface area contributed by atoms with Gasteiger partial charge < -0.3 is 24.0 Å². The molecule has 8 nitrogen and oxygen atoms in total. The van der Waals surface area contributed by atoms with Crippen LogP contribution in [0, 0.1) is 11.3 Å². The first kappa shape index (κ1) is 21.5. The van der Waals surface area contributed by atoms with E-state index >= 15 is 0 Å². The predicted octanol–water partition coefficient (Wildman–Crippen LogP) is 3.74. The van der Waals surface area contributed by atoms with Crippen molar-refractivity contribution >= 4 is 11.6 Å². The number of nitriles is 1. The number of aromatic nitrogens is 1. The lowest BCUT2D eigenvalue weighted by Crippen LogP contribution is -2.29. The quantitative estimate of drug-likeness (QED) is 0.674. The van der Waals surface area contributed by atoms with E-state index in [4.69, 9.17) is 14.2 Å². The van der Waals surface area contributed by atoms with Gasteiger partial charge in [-0.3, -0.25) is 4.79 Å². The van der Waals surface area contributed by atoms with Crippen molar-refractivity contribution in [3.05, 3.63) is 65.7 Å². The number of pyridine rings is 1. The fraction of sp³-hybridized carbons (Fsp3) is 0.375. The van der Waals surface area contributed by atoms with Gasteiger partial charge in [0.25, 0.3) is 0 Å². The minimum atomic E-state index is -0.0296. The van der Waals surface area contributed by atoms with E-state index < -0.39 is 0 Å². The lowest BCUT2D eigenvalue weighted by Gasteiger charge is -2.26. The van der Waals surface area contributed by atoms with Gasteiger partial charge in [0.2, 0.25) is 11.8 Å². The summed E-state index contributed by atoms with van der Waals surface area (Å²) < 4.78 is 17.3. The van der Waals surface area contributed by atoms with Gasteiger partial charge >= 0.3 is 0 Å². The van der Waals surface area contributed by atoms with E-state index in [1.807, 2.05) is 29.0 Å². The standard InChI is InChI=1S/C24H26N4O4/c1-3-23(29)28-9-8-19(15-28)32-21-7-5-4-6-20(21)22-16-27(10-11-31-22)18-12-17(13-25)24(30-2)26-14-18/h5,7,10-12,14,16,19H,3-4,6,8-9,15H2,1-2H3/t19-/m0/s1. The molecule has 166 valence electrons. The lowest BCUT2D eigenvalue weighted by molar-refractivity contribution is -0.130. The summed E-state index contributed by atoms with van der Waals surface area (Å²) in [4.78, 5) is 19.9. The maximum Gasteiger partial charge on any atom is 0.231 e. The average Bonchev–Trinajstić information content (AvgIpc) is 3.32. The smallest absolute Gasteiger partial charge is 0.231 e. The molecule has 1 aliphatic carbocycles. The number of hydrogen-bond acceptors (Lipinski definition) is 7. The number of rotatable bonds is 6. The molecule has 1 aromatic rings. The first-order chi connectivity index (χ1) is 15.6. The highest BCUT2D eigenvalue weighted by Crippen LogP contribution is 2.33. The summed E-state index contributed by atoms with van der Waals surface area (Å²) in [6.07, 6.45) is 13.9. The Morgan fingerprint density at radius 3 is 3.09 bits per heavy atom. The number of amides is 1. The van der Waals surface area contributed by atoms with E-state index in [2.05, 4.69) is 17.1 Å². The molecular formula is C24H26N4O4. The number of ether oxygens (including phenoxy) is 3. The Kier molecular flexibility index (Phi) is 6.45. The van der Waals surface area contributed by atoms with Crippen LogP contribution in [-0.4, -0.2) is 42.1 Å². The third-order valence-electron chi connectivity index (χ3n) is 5.64. The van der Waals surface area contributed by atoms with Gasteiger partial charge in [-0.2, -0.15) is 5.26 Å². The van der Waals surface area contributed by atoms with Crippen molar-refractivity contribution in [3.8, 4) is 11.9 Å². The number of allylic oxidation sites excluding steroid dienone is 3. The zero-order valence-electron chi connectivity index (χ0n) is 18.3. The summed E-state index contributed by atoms with van der Waals surface area (Å²) in [5, 5.41) is 9.36. The first-order valence-electron chi connectivity index (χ1n) is 10.7. The van der Waals surface area contributed by atoms with Gasteiger partial charge in [0.05, 0.1) is 31.7 Å². The molecule has 0 radical (unpaired) electrons. The second-order valence-electron chi connectivity index (χ2n) is 7.67. The summed E-state index contributed by atoms with van der Waals surface area (Å²) in [6.45, 7) is 3.22. The van der Waals surface area contributed by atoms with Crippen LogP contribution in [0.4, 0.5) is 5.69 Å². The van der Waals surface area contributed by atoms with Crippen LogP contribution in [0.25, 0.3) is 0 Å². The summed E-state index contributed by atoms with van der Waals surface area (Å²) in [5.74, 6) is 1.91. The molecule has 1 fully saturated rings. The molecule has 1 saturated heterocycles. The second-order valence-corrected chi connectivity index (χ2v) is 7.67. The Morgan fingerprint density at radius 1 is 1.44 bits per heavy atom. The number of likely N-dealkylation sites (tertiary alicyclic amines) is 1. The SMILES string of the molecule is CCC(=O)N1CC[C@H](OC2=C(C3=CN(c4cnc(OC)c(C#N)c4)C=CO3)CCC=C2)C1. The van der Waals surface area contributed by atoms with Crippen molar-refractivity contribution in [2.75, 3.05) is 25.1 Å². The van der Waals surface area contributed by atoms with Crippen LogP contribution in [0.5, 0.6) is 5.88 Å². The molecule has 0 unspecified atom stereocenters. The minimum absolute atomic E-state index is 0.0296. The van der Waals surface area contributed by atoms with Gasteiger partial charge in [-0.15, -0.1) is 0 Å². The Bertz CT molecular complexity index is 1050. The van der Waals surface area contributed by atoms with Crippen molar-refractivity contribution in [3.63, 3.8) is 0 Å². The molecule has 0 spiro atoms. The van der Waals surface area contributed by atoms with Crippen LogP contribution in [-0.2, 0) is 14.3 Å². The summed E-state index contributed by atoms with van der Waals surface area (Å²) in [5.41, 5.74) is 2.05. The van der Waals surface area contributed by atoms with E-state index in [0.29, 0.717) is 30.2 Å². The topological polar surface area (TPSA) is 87.9 Å². The van der Waals surface area contributed by atoms with Gasteiger partial charge in [0.1, 0.15) is 35.5 Å². The van der Waals surface area contributed by atoms with Gasteiger partial charge in [-0.05, 0) is 25.0 Å². The van der Waals surface area contributed by atoms with E-state index in [0.717, 1.165) is 42.8 Å². The van der Waals surface area contributed by atoms with Crippen LogP contribution in [0.3, 0.4) is 0 Å². The van der Waals surface area contributed by atoms with Gasteiger partial charge in [0.15, 0.2) is 0 Å². The minimum Gasteiger partial charge on any atom is -0.488 e. The number of nitrogens with zero attached hydrogens (tertiary/aromatic N) is 4. The van der Waals surface area contributed by atoms with Crippen molar-refractivity contribution < 1.29 is 19.0 Å². The highest BCUT2D eigenvalue weighted by atomic mass is 16.5. The molecular weight excluding hydrogens is 408 g/mol. The Labute approximate surface area is 187 Å². The average molecular weight is 434 g/mol. The molecule has 1 amide bonds. The molecule has 1 atom stereocenters. The predicted molar refractivity (Wildman–Crippen MR) is 118 cm³/mol. The lowest BCUT2D eigenvalue weighted by atomic mass is 10.0. The van der Waals surface area contributed by atoms with Crippen LogP contribution >= 0.6 is 0 Å². The van der Waals surface area contributed by atoms with E-state index in [1.165, 1.54) is 7.11 Å². The molecule has 8 heteroatoms. The fourth-order valence-electron chi connectivity index (χ4n) is 3.95. The van der Waals surface area contributed by atoms with E-state index in [-0.39, 0.29) is 12.0 Å². The molecule has 1 aromatic heterocycles. The largest absolute Gasteiger partial charge is 0.488 e. The monoisotopic (exact) mass is 434 g/mol. The number of methoxy groups -OCH3 is 1. The third-order valence-corrected chi connectivity index (χ3v) is 5.64. The maximum absolute atomic E-state index is 12.0. The van der Waals surface area contributed by atoms with Gasteiger partial charge in [0, 0.05) is 31.2 Å².